The van der Waals surface area contributed by atoms with Gasteiger partial charge in [-0.1, -0.05) is 11.6 Å². The predicted octanol–water partition coefficient (Wildman–Crippen LogP) is 1.14. The van der Waals surface area contributed by atoms with Crippen LogP contribution in [0.5, 0.6) is 0 Å². The second-order valence-corrected chi connectivity index (χ2v) is 5.08. The largest absolute Gasteiger partial charge is 0.341 e. The highest BCUT2D eigenvalue weighted by Crippen LogP contribution is 2.11. The van der Waals surface area contributed by atoms with E-state index in [-0.39, 0.29) is 5.91 Å². The van der Waals surface area contributed by atoms with Crippen molar-refractivity contribution in [3.8, 4) is 0 Å². The number of amides is 1. The molecule has 0 bridgehead atoms. The molecule has 0 saturated carbocycles. The number of nitrogens with zero attached hydrogens (tertiary/aromatic N) is 3. The van der Waals surface area contributed by atoms with Crippen LogP contribution in [0.2, 0.25) is 5.02 Å². The van der Waals surface area contributed by atoms with Crippen LogP contribution in [-0.4, -0.2) is 46.8 Å². The molecular weight excluding hydrogens is 252 g/mol. The molecule has 1 unspecified atom stereocenters. The molecular formula is C12H19ClN4O. The van der Waals surface area contributed by atoms with Crippen molar-refractivity contribution in [1.82, 2.24) is 20.0 Å². The van der Waals surface area contributed by atoms with Crippen molar-refractivity contribution in [2.75, 3.05) is 20.1 Å². The van der Waals surface area contributed by atoms with Crippen LogP contribution in [0.3, 0.4) is 0 Å². The number of carbonyl (C=O) groups is 1. The molecule has 1 N–H and O–H groups in total. The normalized spacial score (nSPS) is 20.1. The van der Waals surface area contributed by atoms with Crippen molar-refractivity contribution in [3.05, 3.63) is 17.4 Å². The van der Waals surface area contributed by atoms with Gasteiger partial charge in [0.1, 0.15) is 0 Å². The monoisotopic (exact) mass is 270 g/mol. The van der Waals surface area contributed by atoms with Gasteiger partial charge in [-0.3, -0.25) is 9.48 Å². The minimum absolute atomic E-state index is 0.196. The van der Waals surface area contributed by atoms with Gasteiger partial charge in [0.05, 0.1) is 11.2 Å². The van der Waals surface area contributed by atoms with Crippen molar-refractivity contribution in [2.45, 2.75) is 31.8 Å². The third-order valence-corrected chi connectivity index (χ3v) is 3.53. The number of halogens is 1. The number of hydrogen-bond acceptors (Lipinski definition) is 3. The Bertz CT molecular complexity index is 407. The van der Waals surface area contributed by atoms with E-state index in [0.29, 0.717) is 24.0 Å². The number of piperidine rings is 1. The van der Waals surface area contributed by atoms with Crippen LogP contribution in [0, 0.1) is 0 Å². The average molecular weight is 271 g/mol. The lowest BCUT2D eigenvalue weighted by Gasteiger charge is -2.32. The fourth-order valence-corrected chi connectivity index (χ4v) is 2.42. The SMILES string of the molecule is CNC1CCCN(C(=O)CCn2cc(Cl)cn2)C1. The molecule has 1 saturated heterocycles. The van der Waals surface area contributed by atoms with Gasteiger partial charge in [-0.15, -0.1) is 0 Å². The van der Waals surface area contributed by atoms with Crippen molar-refractivity contribution in [2.24, 2.45) is 0 Å². The first kappa shape index (κ1) is 13.4. The van der Waals surface area contributed by atoms with Gasteiger partial charge in [0.15, 0.2) is 0 Å². The highest BCUT2D eigenvalue weighted by molar-refractivity contribution is 6.30. The molecule has 6 heteroatoms. The van der Waals surface area contributed by atoms with Crippen LogP contribution in [0.25, 0.3) is 0 Å². The van der Waals surface area contributed by atoms with Gasteiger partial charge in [0, 0.05) is 38.3 Å². The van der Waals surface area contributed by atoms with Crippen molar-refractivity contribution >= 4 is 17.5 Å². The number of aryl methyl sites for hydroxylation is 1. The average Bonchev–Trinajstić information content (AvgIpc) is 2.82. The summed E-state index contributed by atoms with van der Waals surface area (Å²) in [5, 5.41) is 7.91. The molecule has 1 aromatic rings. The molecule has 0 aliphatic carbocycles. The molecule has 1 fully saturated rings. The third-order valence-electron chi connectivity index (χ3n) is 3.34. The van der Waals surface area contributed by atoms with Crippen LogP contribution in [-0.2, 0) is 11.3 Å². The van der Waals surface area contributed by atoms with E-state index in [0.717, 1.165) is 25.9 Å². The molecule has 0 aromatic carbocycles. The molecule has 1 atom stereocenters. The maximum Gasteiger partial charge on any atom is 0.224 e. The van der Waals surface area contributed by atoms with E-state index in [1.54, 1.807) is 17.1 Å². The molecule has 2 rings (SSSR count). The highest BCUT2D eigenvalue weighted by atomic mass is 35.5. The Morgan fingerprint density at radius 3 is 3.17 bits per heavy atom. The molecule has 1 aromatic heterocycles. The van der Waals surface area contributed by atoms with Gasteiger partial charge in [-0.2, -0.15) is 5.10 Å². The van der Waals surface area contributed by atoms with Crippen LogP contribution >= 0.6 is 11.6 Å². The lowest BCUT2D eigenvalue weighted by Crippen LogP contribution is -2.47. The Balaban J connectivity index is 1.80. The number of nitrogens with one attached hydrogen (secondary N) is 1. The maximum absolute atomic E-state index is 12.1. The Hall–Kier alpha value is -1.07. The summed E-state index contributed by atoms with van der Waals surface area (Å²) in [6.07, 6.45) is 6.03. The van der Waals surface area contributed by atoms with Crippen LogP contribution < -0.4 is 5.32 Å². The van der Waals surface area contributed by atoms with E-state index >= 15 is 0 Å². The smallest absolute Gasteiger partial charge is 0.224 e. The fourth-order valence-electron chi connectivity index (χ4n) is 2.27. The number of likely N-dealkylation sites (tertiary alicyclic amines) is 1. The van der Waals surface area contributed by atoms with Crippen molar-refractivity contribution in [1.29, 1.82) is 0 Å². The van der Waals surface area contributed by atoms with Gasteiger partial charge >= 0.3 is 0 Å². The first-order valence-corrected chi connectivity index (χ1v) is 6.70. The predicted molar refractivity (Wildman–Crippen MR) is 70.5 cm³/mol. The van der Waals surface area contributed by atoms with E-state index in [2.05, 4.69) is 10.4 Å². The Labute approximate surface area is 112 Å². The Kier molecular flexibility index (Phi) is 4.60. The lowest BCUT2D eigenvalue weighted by atomic mass is 10.1. The molecule has 1 amide bonds. The minimum atomic E-state index is 0.196. The van der Waals surface area contributed by atoms with Crippen LogP contribution in [0.4, 0.5) is 0 Å². The zero-order chi connectivity index (χ0) is 13.0. The summed E-state index contributed by atoms with van der Waals surface area (Å²) in [7, 11) is 1.95. The number of rotatable bonds is 4. The topological polar surface area (TPSA) is 50.2 Å². The van der Waals surface area contributed by atoms with Crippen molar-refractivity contribution in [3.63, 3.8) is 0 Å². The van der Waals surface area contributed by atoms with Crippen molar-refractivity contribution < 1.29 is 4.79 Å². The van der Waals surface area contributed by atoms with E-state index < -0.39 is 0 Å². The van der Waals surface area contributed by atoms with Gasteiger partial charge in [0.25, 0.3) is 0 Å². The minimum Gasteiger partial charge on any atom is -0.341 e. The second-order valence-electron chi connectivity index (χ2n) is 4.64. The van der Waals surface area contributed by atoms with Gasteiger partial charge in [-0.25, -0.2) is 0 Å². The summed E-state index contributed by atoms with van der Waals surface area (Å²) in [5.41, 5.74) is 0. The summed E-state index contributed by atoms with van der Waals surface area (Å²) in [6.45, 7) is 2.28. The molecule has 0 spiro atoms. The summed E-state index contributed by atoms with van der Waals surface area (Å²) in [5.74, 6) is 0.196. The fraction of sp³-hybridized carbons (Fsp3) is 0.667. The summed E-state index contributed by atoms with van der Waals surface area (Å²) >= 11 is 5.78. The van der Waals surface area contributed by atoms with Crippen LogP contribution in [0.1, 0.15) is 19.3 Å². The zero-order valence-electron chi connectivity index (χ0n) is 10.6. The van der Waals surface area contributed by atoms with Gasteiger partial charge in [0.2, 0.25) is 5.91 Å². The molecule has 0 radical (unpaired) electrons. The third kappa shape index (κ3) is 3.46. The molecule has 18 heavy (non-hydrogen) atoms. The molecule has 1 aliphatic heterocycles. The lowest BCUT2D eigenvalue weighted by molar-refractivity contribution is -0.132. The van der Waals surface area contributed by atoms with E-state index in [1.807, 2.05) is 11.9 Å². The van der Waals surface area contributed by atoms with E-state index in [4.69, 9.17) is 11.6 Å². The summed E-state index contributed by atoms with van der Waals surface area (Å²) < 4.78 is 1.71. The summed E-state index contributed by atoms with van der Waals surface area (Å²) in [4.78, 5) is 14.0. The number of carbonyl (C=O) groups excluding carboxylic acids is 1. The maximum atomic E-state index is 12.1. The first-order valence-electron chi connectivity index (χ1n) is 6.32. The second kappa shape index (κ2) is 6.20. The molecule has 100 valence electrons. The van der Waals surface area contributed by atoms with Crippen LogP contribution in [0.15, 0.2) is 12.4 Å². The summed E-state index contributed by atoms with van der Waals surface area (Å²) in [6, 6.07) is 0.432. The van der Waals surface area contributed by atoms with Gasteiger partial charge < -0.3 is 10.2 Å². The van der Waals surface area contributed by atoms with Gasteiger partial charge in [-0.05, 0) is 19.9 Å². The standard InChI is InChI=1S/C12H19ClN4O/c1-14-11-3-2-5-16(9-11)12(18)4-6-17-8-10(13)7-15-17/h7-8,11,14H,2-6,9H2,1H3. The number of hydrogen-bond donors (Lipinski definition) is 1. The highest BCUT2D eigenvalue weighted by Gasteiger charge is 2.22. The molecule has 2 heterocycles. The Morgan fingerprint density at radius 2 is 2.50 bits per heavy atom. The van der Waals surface area contributed by atoms with E-state index in [9.17, 15) is 4.79 Å². The van der Waals surface area contributed by atoms with E-state index in [1.165, 1.54) is 0 Å². The quantitative estimate of drug-likeness (QED) is 0.893. The molecule has 5 nitrogen and oxygen atoms in total. The molecule has 1 aliphatic rings. The Morgan fingerprint density at radius 1 is 1.67 bits per heavy atom. The number of aromatic nitrogens is 2. The number of likely N-dealkylation sites (N-methyl/N-ethyl adjacent to an activating group) is 1. The first-order chi connectivity index (χ1) is 8.69. The zero-order valence-corrected chi connectivity index (χ0v) is 11.4.